The minimum Gasteiger partial charge on any atom is -0.366 e. The molecule has 146 valence electrons. The third-order valence-electron chi connectivity index (χ3n) is 4.88. The molecular formula is C21H16BFN6S. The van der Waals surface area contributed by atoms with Crippen molar-refractivity contribution in [3.05, 3.63) is 77.6 Å². The zero-order valence-corrected chi connectivity index (χ0v) is 16.9. The van der Waals surface area contributed by atoms with Gasteiger partial charge in [-0.3, -0.25) is 0 Å². The minimum absolute atomic E-state index is 0.301. The molecule has 0 atom stereocenters. The number of rotatable bonds is 5. The Balaban J connectivity index is 1.46. The summed E-state index contributed by atoms with van der Waals surface area (Å²) in [6, 6.07) is 16.6. The monoisotopic (exact) mass is 414 g/mol. The van der Waals surface area contributed by atoms with E-state index >= 15 is 0 Å². The average molecular weight is 414 g/mol. The van der Waals surface area contributed by atoms with E-state index in [1.807, 2.05) is 43.6 Å². The SMILES string of the molecule is Bc1cnn2c(NCc3ccc(-c4csnn4)cc3)cc(-c3ccccc3F)nc12. The molecule has 0 fully saturated rings. The van der Waals surface area contributed by atoms with E-state index in [4.69, 9.17) is 0 Å². The molecule has 3 aromatic heterocycles. The maximum Gasteiger partial charge on any atom is 0.151 e. The number of fused-ring (bicyclic) bond motifs is 1. The van der Waals surface area contributed by atoms with Crippen LogP contribution in [0.5, 0.6) is 0 Å². The van der Waals surface area contributed by atoms with Gasteiger partial charge >= 0.3 is 0 Å². The molecule has 0 saturated heterocycles. The fraction of sp³-hybridized carbons (Fsp3) is 0.0476. The van der Waals surface area contributed by atoms with Crippen LogP contribution in [0.15, 0.2) is 66.2 Å². The highest BCUT2D eigenvalue weighted by molar-refractivity contribution is 7.03. The Morgan fingerprint density at radius 1 is 1.07 bits per heavy atom. The molecule has 5 aromatic rings. The van der Waals surface area contributed by atoms with Crippen LogP contribution in [0.25, 0.3) is 28.2 Å². The molecule has 30 heavy (non-hydrogen) atoms. The maximum absolute atomic E-state index is 14.3. The first-order valence-electron chi connectivity index (χ1n) is 9.39. The number of nitrogens with zero attached hydrogens (tertiary/aromatic N) is 5. The van der Waals surface area contributed by atoms with Gasteiger partial charge in [-0.25, -0.2) is 9.37 Å². The van der Waals surface area contributed by atoms with E-state index in [1.54, 1.807) is 28.9 Å². The first-order chi connectivity index (χ1) is 14.7. The second-order valence-corrected chi connectivity index (χ2v) is 7.52. The third kappa shape index (κ3) is 3.44. The lowest BCUT2D eigenvalue weighted by Crippen LogP contribution is -2.09. The molecule has 0 radical (unpaired) electrons. The van der Waals surface area contributed by atoms with Gasteiger partial charge in [-0.15, -0.1) is 5.10 Å². The summed E-state index contributed by atoms with van der Waals surface area (Å²) in [7, 11) is 1.94. The largest absolute Gasteiger partial charge is 0.366 e. The Labute approximate surface area is 177 Å². The number of anilines is 1. The molecule has 5 rings (SSSR count). The first kappa shape index (κ1) is 18.4. The number of benzene rings is 2. The zero-order valence-electron chi connectivity index (χ0n) is 16.1. The molecule has 0 aliphatic rings. The maximum atomic E-state index is 14.3. The molecule has 3 heterocycles. The fourth-order valence-electron chi connectivity index (χ4n) is 3.28. The van der Waals surface area contributed by atoms with Gasteiger partial charge in [0.2, 0.25) is 0 Å². The molecule has 0 unspecified atom stereocenters. The number of halogens is 1. The van der Waals surface area contributed by atoms with Gasteiger partial charge in [-0.1, -0.05) is 40.9 Å². The van der Waals surface area contributed by atoms with Crippen LogP contribution in [0.3, 0.4) is 0 Å². The lowest BCUT2D eigenvalue weighted by Gasteiger charge is -2.12. The summed E-state index contributed by atoms with van der Waals surface area (Å²) < 4.78 is 20.0. The molecule has 1 N–H and O–H groups in total. The molecule has 0 aliphatic heterocycles. The lowest BCUT2D eigenvalue weighted by molar-refractivity contribution is 0.630. The predicted molar refractivity (Wildman–Crippen MR) is 119 cm³/mol. The average Bonchev–Trinajstić information content (AvgIpc) is 3.43. The molecule has 2 aromatic carbocycles. The van der Waals surface area contributed by atoms with E-state index < -0.39 is 0 Å². The highest BCUT2D eigenvalue weighted by Crippen LogP contribution is 2.25. The van der Waals surface area contributed by atoms with Crippen molar-refractivity contribution in [1.29, 1.82) is 0 Å². The van der Waals surface area contributed by atoms with Crippen molar-refractivity contribution < 1.29 is 4.39 Å². The fourth-order valence-corrected chi connectivity index (χ4v) is 3.75. The van der Waals surface area contributed by atoms with Crippen molar-refractivity contribution >= 4 is 36.3 Å². The highest BCUT2D eigenvalue weighted by Gasteiger charge is 2.13. The summed E-state index contributed by atoms with van der Waals surface area (Å²) in [4.78, 5) is 4.63. The summed E-state index contributed by atoms with van der Waals surface area (Å²) in [6.07, 6.45) is 1.76. The van der Waals surface area contributed by atoms with Gasteiger partial charge in [0, 0.05) is 35.3 Å². The Morgan fingerprint density at radius 3 is 2.67 bits per heavy atom. The van der Waals surface area contributed by atoms with Crippen molar-refractivity contribution in [3.8, 4) is 22.5 Å². The van der Waals surface area contributed by atoms with Gasteiger partial charge in [0.05, 0.1) is 5.69 Å². The molecule has 9 heteroatoms. The number of nitrogens with one attached hydrogen (secondary N) is 1. The Kier molecular flexibility index (Phi) is 4.72. The first-order valence-corrected chi connectivity index (χ1v) is 10.2. The molecule has 0 saturated carbocycles. The van der Waals surface area contributed by atoms with Crippen LogP contribution in [-0.4, -0.2) is 32.0 Å². The van der Waals surface area contributed by atoms with Gasteiger partial charge < -0.3 is 5.32 Å². The van der Waals surface area contributed by atoms with Crippen LogP contribution < -0.4 is 10.8 Å². The smallest absolute Gasteiger partial charge is 0.151 e. The Bertz CT molecular complexity index is 1320. The van der Waals surface area contributed by atoms with E-state index in [1.165, 1.54) is 17.6 Å². The van der Waals surface area contributed by atoms with Crippen LogP contribution >= 0.6 is 11.5 Å². The van der Waals surface area contributed by atoms with Crippen molar-refractivity contribution in [2.24, 2.45) is 0 Å². The van der Waals surface area contributed by atoms with E-state index in [0.29, 0.717) is 23.4 Å². The van der Waals surface area contributed by atoms with Gasteiger partial charge in [0.25, 0.3) is 0 Å². The quantitative estimate of drug-likeness (QED) is 0.448. The summed E-state index contributed by atoms with van der Waals surface area (Å²) in [5.41, 5.74) is 5.66. The van der Waals surface area contributed by atoms with E-state index in [0.717, 1.165) is 28.1 Å². The summed E-state index contributed by atoms with van der Waals surface area (Å²) in [5.74, 6) is 0.448. The van der Waals surface area contributed by atoms with Gasteiger partial charge in [0.1, 0.15) is 25.2 Å². The zero-order chi connectivity index (χ0) is 20.5. The molecular weight excluding hydrogens is 398 g/mol. The van der Waals surface area contributed by atoms with Gasteiger partial charge in [-0.05, 0) is 34.7 Å². The van der Waals surface area contributed by atoms with Gasteiger partial charge in [-0.2, -0.15) is 9.61 Å². The predicted octanol–water partition coefficient (Wildman–Crippen LogP) is 2.92. The highest BCUT2D eigenvalue weighted by atomic mass is 32.1. The van der Waals surface area contributed by atoms with Crippen LogP contribution in [0, 0.1) is 5.82 Å². The van der Waals surface area contributed by atoms with Crippen molar-refractivity contribution in [3.63, 3.8) is 0 Å². The molecule has 6 nitrogen and oxygen atoms in total. The summed E-state index contributed by atoms with van der Waals surface area (Å²) >= 11 is 1.33. The van der Waals surface area contributed by atoms with Crippen molar-refractivity contribution in [2.75, 3.05) is 5.32 Å². The summed E-state index contributed by atoms with van der Waals surface area (Å²) in [5, 5.41) is 13.9. The molecule has 0 aliphatic carbocycles. The van der Waals surface area contributed by atoms with Crippen molar-refractivity contribution in [1.82, 2.24) is 24.2 Å². The normalized spacial score (nSPS) is 11.1. The second kappa shape index (κ2) is 7.68. The topological polar surface area (TPSA) is 68.0 Å². The number of aromatic nitrogens is 5. The minimum atomic E-state index is -0.301. The van der Waals surface area contributed by atoms with E-state index in [-0.39, 0.29) is 5.82 Å². The Hall–Kier alpha value is -3.59. The van der Waals surface area contributed by atoms with Crippen LogP contribution in [0.4, 0.5) is 10.2 Å². The summed E-state index contributed by atoms with van der Waals surface area (Å²) in [6.45, 7) is 0.588. The molecule has 0 bridgehead atoms. The second-order valence-electron chi connectivity index (χ2n) is 6.91. The van der Waals surface area contributed by atoms with Crippen LogP contribution in [-0.2, 0) is 6.54 Å². The lowest BCUT2D eigenvalue weighted by atomic mass is 10.0. The van der Waals surface area contributed by atoms with Crippen LogP contribution in [0.1, 0.15) is 5.56 Å². The van der Waals surface area contributed by atoms with E-state index in [9.17, 15) is 4.39 Å². The van der Waals surface area contributed by atoms with Crippen molar-refractivity contribution in [2.45, 2.75) is 6.54 Å². The third-order valence-corrected chi connectivity index (χ3v) is 5.39. The molecule has 0 spiro atoms. The standard InChI is InChI=1S/C21H16BFN6S/c22-16-11-25-29-20(9-18(26-21(16)29)15-3-1-2-4-17(15)23)24-10-13-5-7-14(8-6-13)19-12-30-28-27-19/h1-9,11-12,24H,10,22H2. The number of hydrogen-bond acceptors (Lipinski definition) is 6. The van der Waals surface area contributed by atoms with E-state index in [2.05, 4.69) is 25.0 Å². The molecule has 0 amide bonds. The van der Waals surface area contributed by atoms with Crippen LogP contribution in [0.2, 0.25) is 0 Å². The Morgan fingerprint density at radius 2 is 1.90 bits per heavy atom. The van der Waals surface area contributed by atoms with Gasteiger partial charge in [0.15, 0.2) is 5.65 Å². The number of hydrogen-bond donors (Lipinski definition) is 1.